The van der Waals surface area contributed by atoms with E-state index in [1.165, 1.54) is 29.7 Å². The van der Waals surface area contributed by atoms with Gasteiger partial charge < -0.3 is 10.2 Å². The summed E-state index contributed by atoms with van der Waals surface area (Å²) in [7, 11) is 2.08. The third kappa shape index (κ3) is 3.39. The van der Waals surface area contributed by atoms with E-state index >= 15 is 0 Å². The van der Waals surface area contributed by atoms with Crippen LogP contribution in [0.4, 0.5) is 11.4 Å². The first kappa shape index (κ1) is 14.4. The molecule has 0 radical (unpaired) electrons. The third-order valence-corrected chi connectivity index (χ3v) is 4.41. The van der Waals surface area contributed by atoms with E-state index in [4.69, 9.17) is 11.6 Å². The summed E-state index contributed by atoms with van der Waals surface area (Å²) in [6.45, 7) is 2.99. The lowest BCUT2D eigenvalue weighted by Crippen LogP contribution is -2.16. The number of nitrogens with one attached hydrogen (secondary N) is 1. The average Bonchev–Trinajstić information content (AvgIpc) is 3.30. The van der Waals surface area contributed by atoms with Crippen LogP contribution in [-0.4, -0.2) is 13.1 Å². The molecular formula is C18H21ClN2. The van der Waals surface area contributed by atoms with Crippen molar-refractivity contribution in [2.75, 3.05) is 11.9 Å². The largest absolute Gasteiger partial charge is 0.344 e. The van der Waals surface area contributed by atoms with Crippen molar-refractivity contribution < 1.29 is 0 Å². The number of nitrogens with zero attached hydrogens (tertiary/aromatic N) is 1. The van der Waals surface area contributed by atoms with Crippen molar-refractivity contribution in [3.63, 3.8) is 0 Å². The normalized spacial score (nSPS) is 14.2. The van der Waals surface area contributed by atoms with Gasteiger partial charge in [-0.1, -0.05) is 35.9 Å². The van der Waals surface area contributed by atoms with Crippen molar-refractivity contribution in [2.45, 2.75) is 32.4 Å². The van der Waals surface area contributed by atoms with Gasteiger partial charge in [0.1, 0.15) is 0 Å². The van der Waals surface area contributed by atoms with Gasteiger partial charge in [0.15, 0.2) is 0 Å². The van der Waals surface area contributed by atoms with E-state index in [1.54, 1.807) is 0 Å². The average molecular weight is 301 g/mol. The maximum absolute atomic E-state index is 6.44. The molecule has 110 valence electrons. The molecular weight excluding hydrogens is 280 g/mol. The van der Waals surface area contributed by atoms with Crippen LogP contribution in [0.15, 0.2) is 42.5 Å². The van der Waals surface area contributed by atoms with Gasteiger partial charge in [0, 0.05) is 36.0 Å². The number of rotatable bonds is 5. The van der Waals surface area contributed by atoms with Crippen LogP contribution in [0.1, 0.15) is 24.0 Å². The molecule has 0 heterocycles. The number of anilines is 2. The highest BCUT2D eigenvalue weighted by Gasteiger charge is 2.20. The third-order valence-electron chi connectivity index (χ3n) is 4.06. The zero-order valence-corrected chi connectivity index (χ0v) is 13.3. The topological polar surface area (TPSA) is 15.3 Å². The van der Waals surface area contributed by atoms with Gasteiger partial charge in [-0.3, -0.25) is 0 Å². The van der Waals surface area contributed by atoms with E-state index in [-0.39, 0.29) is 0 Å². The molecule has 0 aliphatic heterocycles. The van der Waals surface area contributed by atoms with Gasteiger partial charge in [-0.05, 0) is 49.1 Å². The van der Waals surface area contributed by atoms with Gasteiger partial charge in [-0.15, -0.1) is 0 Å². The van der Waals surface area contributed by atoms with Crippen molar-refractivity contribution in [2.24, 2.45) is 0 Å². The predicted octanol–water partition coefficient (Wildman–Crippen LogP) is 4.67. The molecule has 1 aliphatic carbocycles. The molecule has 0 spiro atoms. The minimum Gasteiger partial charge on any atom is -0.344 e. The molecule has 2 aromatic rings. The van der Waals surface area contributed by atoms with Crippen LogP contribution in [0.3, 0.4) is 0 Å². The molecule has 3 heteroatoms. The predicted molar refractivity (Wildman–Crippen MR) is 90.6 cm³/mol. The van der Waals surface area contributed by atoms with Crippen LogP contribution in [0, 0.1) is 6.92 Å². The van der Waals surface area contributed by atoms with Gasteiger partial charge in [-0.25, -0.2) is 0 Å². The molecule has 2 aromatic carbocycles. The Morgan fingerprint density at radius 1 is 1.19 bits per heavy atom. The summed E-state index contributed by atoms with van der Waals surface area (Å²) in [4.78, 5) is 2.18. The fourth-order valence-electron chi connectivity index (χ4n) is 2.51. The zero-order valence-electron chi connectivity index (χ0n) is 12.6. The summed E-state index contributed by atoms with van der Waals surface area (Å²) >= 11 is 6.44. The Bertz CT molecular complexity index is 635. The Morgan fingerprint density at radius 2 is 1.95 bits per heavy atom. The first-order chi connectivity index (χ1) is 10.1. The quantitative estimate of drug-likeness (QED) is 0.863. The lowest BCUT2D eigenvalue weighted by atomic mass is 10.1. The molecule has 2 nitrogen and oxygen atoms in total. The highest BCUT2D eigenvalue weighted by Crippen LogP contribution is 2.30. The first-order valence-electron chi connectivity index (χ1n) is 7.46. The minimum absolute atomic E-state index is 0.704. The van der Waals surface area contributed by atoms with Crippen molar-refractivity contribution in [1.29, 1.82) is 0 Å². The van der Waals surface area contributed by atoms with E-state index < -0.39 is 0 Å². The van der Waals surface area contributed by atoms with Crippen LogP contribution >= 0.6 is 11.6 Å². The van der Waals surface area contributed by atoms with E-state index in [0.717, 1.165) is 17.3 Å². The number of benzene rings is 2. The van der Waals surface area contributed by atoms with E-state index in [9.17, 15) is 0 Å². The molecule has 0 aromatic heterocycles. The Morgan fingerprint density at radius 3 is 2.62 bits per heavy atom. The number of halogens is 1. The first-order valence-corrected chi connectivity index (χ1v) is 7.84. The summed E-state index contributed by atoms with van der Waals surface area (Å²) in [5.41, 5.74) is 4.75. The molecule has 1 N–H and O–H groups in total. The molecule has 1 saturated carbocycles. The van der Waals surface area contributed by atoms with E-state index in [0.29, 0.717) is 6.04 Å². The summed E-state index contributed by atoms with van der Waals surface area (Å²) in [5, 5.41) is 4.34. The van der Waals surface area contributed by atoms with Crippen LogP contribution in [0.5, 0.6) is 0 Å². The van der Waals surface area contributed by atoms with E-state index in [1.807, 2.05) is 0 Å². The van der Waals surface area contributed by atoms with Gasteiger partial charge in [-0.2, -0.15) is 0 Å². The van der Waals surface area contributed by atoms with Gasteiger partial charge in [0.2, 0.25) is 0 Å². The second-order valence-electron chi connectivity index (χ2n) is 5.78. The van der Waals surface area contributed by atoms with Crippen LogP contribution < -0.4 is 10.2 Å². The van der Waals surface area contributed by atoms with Gasteiger partial charge in [0.25, 0.3) is 0 Å². The lowest BCUT2D eigenvalue weighted by molar-refractivity contribution is 0.688. The smallest absolute Gasteiger partial charge is 0.0471 e. The second-order valence-corrected chi connectivity index (χ2v) is 6.18. The Kier molecular flexibility index (Phi) is 4.18. The summed E-state index contributed by atoms with van der Waals surface area (Å²) in [5.74, 6) is 0. The van der Waals surface area contributed by atoms with E-state index in [2.05, 4.69) is 66.7 Å². The fraction of sp³-hybridized carbons (Fsp3) is 0.333. The monoisotopic (exact) mass is 300 g/mol. The zero-order chi connectivity index (χ0) is 14.8. The molecule has 0 unspecified atom stereocenters. The molecule has 0 bridgehead atoms. The summed E-state index contributed by atoms with van der Waals surface area (Å²) < 4.78 is 0. The number of hydrogen-bond acceptors (Lipinski definition) is 2. The van der Waals surface area contributed by atoms with Crippen LogP contribution in [-0.2, 0) is 6.54 Å². The van der Waals surface area contributed by atoms with Crippen molar-refractivity contribution in [1.82, 2.24) is 5.32 Å². The van der Waals surface area contributed by atoms with Gasteiger partial charge >= 0.3 is 0 Å². The molecule has 0 saturated heterocycles. The highest BCUT2D eigenvalue weighted by atomic mass is 35.5. The Balaban J connectivity index is 1.78. The Hall–Kier alpha value is -1.51. The molecule has 0 amide bonds. The van der Waals surface area contributed by atoms with Crippen molar-refractivity contribution >= 4 is 23.0 Å². The van der Waals surface area contributed by atoms with Crippen molar-refractivity contribution in [3.05, 3.63) is 58.6 Å². The summed E-state index contributed by atoms with van der Waals surface area (Å²) in [6, 6.07) is 15.4. The molecule has 1 aliphatic rings. The SMILES string of the molecule is Cc1ccccc1N(C)c1ccc(CNC2CC2)c(Cl)c1. The van der Waals surface area contributed by atoms with Crippen LogP contribution in [0.25, 0.3) is 0 Å². The maximum Gasteiger partial charge on any atom is 0.0471 e. The Labute approximate surface area is 131 Å². The minimum atomic E-state index is 0.704. The van der Waals surface area contributed by atoms with Crippen molar-refractivity contribution in [3.8, 4) is 0 Å². The van der Waals surface area contributed by atoms with Gasteiger partial charge in [0.05, 0.1) is 0 Å². The molecule has 1 fully saturated rings. The number of para-hydroxylation sites is 1. The highest BCUT2D eigenvalue weighted by molar-refractivity contribution is 6.31. The second kappa shape index (κ2) is 6.08. The lowest BCUT2D eigenvalue weighted by Gasteiger charge is -2.22. The molecule has 0 atom stereocenters. The number of hydrogen-bond donors (Lipinski definition) is 1. The summed E-state index contributed by atoms with van der Waals surface area (Å²) in [6.07, 6.45) is 2.59. The number of aryl methyl sites for hydroxylation is 1. The standard InChI is InChI=1S/C18H21ClN2/c1-13-5-3-4-6-18(13)21(2)16-10-7-14(17(19)11-16)12-20-15-8-9-15/h3-7,10-11,15,20H,8-9,12H2,1-2H3. The van der Waals surface area contributed by atoms with Crippen LogP contribution in [0.2, 0.25) is 5.02 Å². The maximum atomic E-state index is 6.44. The molecule has 3 rings (SSSR count). The fourth-order valence-corrected chi connectivity index (χ4v) is 2.75. The molecule has 21 heavy (non-hydrogen) atoms.